The van der Waals surface area contributed by atoms with Crippen molar-refractivity contribution < 1.29 is 9.53 Å². The van der Waals surface area contributed by atoms with Crippen molar-refractivity contribution in [3.63, 3.8) is 0 Å². The predicted octanol–water partition coefficient (Wildman–Crippen LogP) is 5.18. The second kappa shape index (κ2) is 8.73. The number of rotatable bonds is 5. The summed E-state index contributed by atoms with van der Waals surface area (Å²) in [7, 11) is 1.73. The van der Waals surface area contributed by atoms with Crippen LogP contribution in [0, 0.1) is 24.2 Å². The lowest BCUT2D eigenvalue weighted by molar-refractivity contribution is -0.117. The van der Waals surface area contributed by atoms with E-state index in [1.54, 1.807) is 31.4 Å². The Hall–Kier alpha value is -2.80. The number of methoxy groups -OCH3 is 1. The molecule has 1 N–H and O–H groups in total. The summed E-state index contributed by atoms with van der Waals surface area (Å²) in [6, 6.07) is 15.5. The molecule has 0 bridgehead atoms. The second-order valence-corrected chi connectivity index (χ2v) is 7.40. The lowest BCUT2D eigenvalue weighted by atomic mass is 9.77. The number of benzene rings is 2. The fourth-order valence-corrected chi connectivity index (χ4v) is 3.94. The van der Waals surface area contributed by atoms with Crippen molar-refractivity contribution in [1.29, 1.82) is 5.26 Å². The topological polar surface area (TPSA) is 62.1 Å². The maximum absolute atomic E-state index is 12.3. The predicted molar refractivity (Wildman–Crippen MR) is 107 cm³/mol. The summed E-state index contributed by atoms with van der Waals surface area (Å²) >= 11 is 0. The highest BCUT2D eigenvalue weighted by Crippen LogP contribution is 2.40. The van der Waals surface area contributed by atoms with Crippen molar-refractivity contribution in [3.8, 4) is 11.8 Å². The highest BCUT2D eigenvalue weighted by Gasteiger charge is 2.26. The van der Waals surface area contributed by atoms with Crippen molar-refractivity contribution in [2.24, 2.45) is 5.92 Å². The van der Waals surface area contributed by atoms with Crippen LogP contribution in [0.25, 0.3) is 0 Å². The van der Waals surface area contributed by atoms with Crippen molar-refractivity contribution in [2.75, 3.05) is 12.4 Å². The lowest BCUT2D eigenvalue weighted by Gasteiger charge is -2.29. The highest BCUT2D eigenvalue weighted by molar-refractivity contribution is 5.90. The van der Waals surface area contributed by atoms with Crippen LogP contribution < -0.4 is 10.1 Å². The smallest absolute Gasteiger partial charge is 0.224 e. The number of amides is 1. The molecule has 0 heterocycles. The largest absolute Gasteiger partial charge is 0.496 e. The summed E-state index contributed by atoms with van der Waals surface area (Å²) in [5.74, 6) is 1.97. The molecule has 0 aromatic heterocycles. The Bertz CT molecular complexity index is 828. The van der Waals surface area contributed by atoms with Crippen molar-refractivity contribution in [1.82, 2.24) is 0 Å². The van der Waals surface area contributed by atoms with Gasteiger partial charge in [0.05, 0.1) is 18.7 Å². The third kappa shape index (κ3) is 4.89. The molecule has 2 aromatic carbocycles. The molecule has 4 heteroatoms. The van der Waals surface area contributed by atoms with Gasteiger partial charge in [0.25, 0.3) is 0 Å². The Morgan fingerprint density at radius 1 is 1.15 bits per heavy atom. The summed E-state index contributed by atoms with van der Waals surface area (Å²) in [6.45, 7) is 2.08. The molecule has 140 valence electrons. The summed E-state index contributed by atoms with van der Waals surface area (Å²) in [5, 5.41) is 11.8. The monoisotopic (exact) mass is 362 g/mol. The van der Waals surface area contributed by atoms with Gasteiger partial charge in [-0.1, -0.05) is 12.1 Å². The number of hydrogen-bond donors (Lipinski definition) is 1. The van der Waals surface area contributed by atoms with Crippen LogP contribution in [0.5, 0.6) is 5.75 Å². The summed E-state index contributed by atoms with van der Waals surface area (Å²) in [6.07, 6.45) is 4.85. The molecule has 0 aliphatic heterocycles. The maximum Gasteiger partial charge on any atom is 0.224 e. The van der Waals surface area contributed by atoms with Gasteiger partial charge in [-0.25, -0.2) is 0 Å². The van der Waals surface area contributed by atoms with Crippen molar-refractivity contribution in [2.45, 2.75) is 44.9 Å². The lowest BCUT2D eigenvalue weighted by Crippen LogP contribution is -2.20. The fraction of sp³-hybridized carbons (Fsp3) is 0.391. The second-order valence-electron chi connectivity index (χ2n) is 7.40. The van der Waals surface area contributed by atoms with Gasteiger partial charge in [-0.3, -0.25) is 4.79 Å². The van der Waals surface area contributed by atoms with Gasteiger partial charge >= 0.3 is 0 Å². The minimum Gasteiger partial charge on any atom is -0.496 e. The Morgan fingerprint density at radius 2 is 1.85 bits per heavy atom. The zero-order valence-electron chi connectivity index (χ0n) is 16.0. The molecule has 0 atom stereocenters. The first kappa shape index (κ1) is 19.0. The molecule has 1 aliphatic rings. The van der Waals surface area contributed by atoms with Gasteiger partial charge in [0.1, 0.15) is 5.75 Å². The first-order valence-corrected chi connectivity index (χ1v) is 9.53. The molecule has 3 rings (SSSR count). The van der Waals surface area contributed by atoms with Crippen LogP contribution in [-0.2, 0) is 4.79 Å². The molecule has 0 spiro atoms. The van der Waals surface area contributed by atoms with Crippen molar-refractivity contribution in [3.05, 3.63) is 59.2 Å². The number of carbonyl (C=O) groups is 1. The van der Waals surface area contributed by atoms with E-state index in [1.807, 2.05) is 0 Å². The number of aryl methyl sites for hydroxylation is 1. The minimum absolute atomic E-state index is 0.0519. The van der Waals surface area contributed by atoms with Gasteiger partial charge in [-0.15, -0.1) is 0 Å². The van der Waals surface area contributed by atoms with Crippen LogP contribution in [0.1, 0.15) is 54.7 Å². The number of anilines is 1. The Morgan fingerprint density at radius 3 is 2.48 bits per heavy atom. The van der Waals surface area contributed by atoms with E-state index in [0.29, 0.717) is 23.8 Å². The van der Waals surface area contributed by atoms with Gasteiger partial charge in [0.2, 0.25) is 5.91 Å². The van der Waals surface area contributed by atoms with Gasteiger partial charge in [0, 0.05) is 12.1 Å². The normalized spacial score (nSPS) is 19.1. The number of nitriles is 1. The SMILES string of the molecule is COc1cc(C)ccc1C1CCC(CC(=O)Nc2ccc(C#N)cc2)CC1. The summed E-state index contributed by atoms with van der Waals surface area (Å²) in [5.41, 5.74) is 3.85. The quantitative estimate of drug-likeness (QED) is 0.797. The van der Waals surface area contributed by atoms with Gasteiger partial charge < -0.3 is 10.1 Å². The molecule has 27 heavy (non-hydrogen) atoms. The van der Waals surface area contributed by atoms with E-state index < -0.39 is 0 Å². The molecule has 1 saturated carbocycles. The van der Waals surface area contributed by atoms with E-state index in [4.69, 9.17) is 10.00 Å². The molecule has 0 saturated heterocycles. The third-order valence-corrected chi connectivity index (χ3v) is 5.45. The highest BCUT2D eigenvalue weighted by atomic mass is 16.5. The van der Waals surface area contributed by atoms with Crippen LogP contribution >= 0.6 is 0 Å². The van der Waals surface area contributed by atoms with E-state index in [-0.39, 0.29) is 5.91 Å². The van der Waals surface area contributed by atoms with Crippen LogP contribution in [0.3, 0.4) is 0 Å². The average molecular weight is 362 g/mol. The maximum atomic E-state index is 12.3. The number of carbonyl (C=O) groups excluding carboxylic acids is 1. The van der Waals surface area contributed by atoms with Gasteiger partial charge in [-0.05, 0) is 85.9 Å². The molecule has 4 nitrogen and oxygen atoms in total. The van der Waals surface area contributed by atoms with E-state index in [1.165, 1.54) is 11.1 Å². The van der Waals surface area contributed by atoms with E-state index >= 15 is 0 Å². The number of hydrogen-bond acceptors (Lipinski definition) is 3. The zero-order valence-corrected chi connectivity index (χ0v) is 16.0. The first-order valence-electron chi connectivity index (χ1n) is 9.53. The van der Waals surface area contributed by atoms with Crippen molar-refractivity contribution >= 4 is 11.6 Å². The van der Waals surface area contributed by atoms with Crippen LogP contribution in [-0.4, -0.2) is 13.0 Å². The summed E-state index contributed by atoms with van der Waals surface area (Å²) in [4.78, 5) is 12.3. The van der Waals surface area contributed by atoms with E-state index in [0.717, 1.165) is 37.1 Å². The molecular weight excluding hydrogens is 336 g/mol. The Kier molecular flexibility index (Phi) is 6.13. The number of nitrogens with one attached hydrogen (secondary N) is 1. The van der Waals surface area contributed by atoms with E-state index in [2.05, 4.69) is 36.5 Å². The zero-order chi connectivity index (χ0) is 19.2. The van der Waals surface area contributed by atoms with Crippen LogP contribution in [0.4, 0.5) is 5.69 Å². The molecule has 0 unspecified atom stereocenters. The third-order valence-electron chi connectivity index (χ3n) is 5.45. The van der Waals surface area contributed by atoms with E-state index in [9.17, 15) is 4.79 Å². The molecule has 1 amide bonds. The standard InChI is InChI=1S/C23H26N2O2/c1-16-3-12-21(22(13-16)27-2)19-8-4-17(5-9-19)14-23(26)25-20-10-6-18(15-24)7-11-20/h3,6-7,10-13,17,19H,4-5,8-9,14H2,1-2H3,(H,25,26). The fourth-order valence-electron chi connectivity index (χ4n) is 3.94. The van der Waals surface area contributed by atoms with Gasteiger partial charge in [-0.2, -0.15) is 5.26 Å². The molecule has 1 aliphatic carbocycles. The average Bonchev–Trinajstić information content (AvgIpc) is 2.69. The Labute approximate surface area is 161 Å². The Balaban J connectivity index is 1.52. The molecule has 0 radical (unpaired) electrons. The first-order chi connectivity index (χ1) is 13.1. The molecule has 2 aromatic rings. The van der Waals surface area contributed by atoms with Gasteiger partial charge in [0.15, 0.2) is 0 Å². The number of ether oxygens (including phenoxy) is 1. The molecule has 1 fully saturated rings. The van der Waals surface area contributed by atoms with Crippen LogP contribution in [0.2, 0.25) is 0 Å². The minimum atomic E-state index is 0.0519. The summed E-state index contributed by atoms with van der Waals surface area (Å²) < 4.78 is 5.57. The number of nitrogens with zero attached hydrogens (tertiary/aromatic N) is 1. The molecular formula is C23H26N2O2. The van der Waals surface area contributed by atoms with Crippen LogP contribution in [0.15, 0.2) is 42.5 Å².